The fourth-order valence-corrected chi connectivity index (χ4v) is 5.88. The summed E-state index contributed by atoms with van der Waals surface area (Å²) in [7, 11) is 0. The SMILES string of the molecule is CCOC(=O)[C@H]1[C@@H](CNCc2ccccc2)CC[C@@H](O[C@H](C)c2cc(C(F)(F)F)cc(C(F)(F)F)c2)[C@H]1c1ccc(F)cc1. The molecule has 11 heteroatoms. The quantitative estimate of drug-likeness (QED) is 0.181. The Morgan fingerprint density at radius 3 is 2.09 bits per heavy atom. The second kappa shape index (κ2) is 14.1. The van der Waals surface area contributed by atoms with E-state index in [2.05, 4.69) is 5.32 Å². The number of carbonyl (C=O) groups is 1. The third kappa shape index (κ3) is 8.38. The lowest BCUT2D eigenvalue weighted by Crippen LogP contribution is -2.46. The molecule has 1 aliphatic carbocycles. The molecule has 1 N–H and O–H groups in total. The normalized spacial score (nSPS) is 21.6. The highest BCUT2D eigenvalue weighted by molar-refractivity contribution is 5.74. The third-order valence-electron chi connectivity index (χ3n) is 7.97. The van der Waals surface area contributed by atoms with E-state index in [1.807, 2.05) is 30.3 Å². The van der Waals surface area contributed by atoms with Crippen molar-refractivity contribution in [2.24, 2.45) is 11.8 Å². The minimum Gasteiger partial charge on any atom is -0.466 e. The van der Waals surface area contributed by atoms with E-state index in [0.717, 1.165) is 5.56 Å². The number of hydrogen-bond acceptors (Lipinski definition) is 4. The van der Waals surface area contributed by atoms with Crippen LogP contribution in [0.15, 0.2) is 72.8 Å². The minimum absolute atomic E-state index is 0.0714. The van der Waals surface area contributed by atoms with Crippen LogP contribution in [-0.2, 0) is 33.2 Å². The standard InChI is InChI=1S/C33H34F7NO3/c1-3-43-31(42)30-23(19-41-18-21-7-5-4-6-8-21)11-14-28(29(30)22-9-12-27(34)13-10-22)44-20(2)24-15-25(32(35,36)37)17-26(16-24)33(38,39)40/h4-10,12-13,15-17,20,23,28-30,41H,3,11,14,18-19H2,1-2H3/t20-,23-,28-,29-,30+/m1/s1. The van der Waals surface area contributed by atoms with Crippen LogP contribution in [0.4, 0.5) is 30.7 Å². The molecule has 1 aliphatic rings. The molecule has 44 heavy (non-hydrogen) atoms. The van der Waals surface area contributed by atoms with Crippen molar-refractivity contribution in [1.82, 2.24) is 5.32 Å². The molecule has 0 radical (unpaired) electrons. The molecule has 0 saturated heterocycles. The molecule has 1 fully saturated rings. The number of alkyl halides is 6. The smallest absolute Gasteiger partial charge is 0.416 e. The number of rotatable bonds is 10. The van der Waals surface area contributed by atoms with E-state index in [9.17, 15) is 35.5 Å². The van der Waals surface area contributed by atoms with E-state index in [0.29, 0.717) is 43.6 Å². The van der Waals surface area contributed by atoms with Gasteiger partial charge < -0.3 is 14.8 Å². The number of esters is 1. The van der Waals surface area contributed by atoms with Crippen molar-refractivity contribution in [3.8, 4) is 0 Å². The molecular formula is C33H34F7NO3. The minimum atomic E-state index is -5.01. The Hall–Kier alpha value is -3.44. The Morgan fingerprint density at radius 2 is 1.52 bits per heavy atom. The summed E-state index contributed by atoms with van der Waals surface area (Å²) in [6, 6.07) is 16.5. The van der Waals surface area contributed by atoms with Gasteiger partial charge in [-0.2, -0.15) is 26.3 Å². The monoisotopic (exact) mass is 625 g/mol. The van der Waals surface area contributed by atoms with Gasteiger partial charge in [-0.1, -0.05) is 42.5 Å². The molecule has 0 amide bonds. The van der Waals surface area contributed by atoms with Gasteiger partial charge in [0.1, 0.15) is 5.82 Å². The summed E-state index contributed by atoms with van der Waals surface area (Å²) in [6.07, 6.45) is -11.2. The van der Waals surface area contributed by atoms with Crippen LogP contribution in [0, 0.1) is 17.7 Å². The highest BCUT2D eigenvalue weighted by Gasteiger charge is 2.46. The van der Waals surface area contributed by atoms with Crippen molar-refractivity contribution in [2.75, 3.05) is 13.2 Å². The molecule has 0 heterocycles. The third-order valence-corrected chi connectivity index (χ3v) is 7.97. The van der Waals surface area contributed by atoms with Gasteiger partial charge in [0, 0.05) is 12.5 Å². The van der Waals surface area contributed by atoms with Crippen LogP contribution in [-0.4, -0.2) is 25.2 Å². The lowest BCUT2D eigenvalue weighted by Gasteiger charge is -2.43. The van der Waals surface area contributed by atoms with Crippen molar-refractivity contribution >= 4 is 5.97 Å². The zero-order valence-corrected chi connectivity index (χ0v) is 24.2. The van der Waals surface area contributed by atoms with Gasteiger partial charge in [-0.3, -0.25) is 4.79 Å². The van der Waals surface area contributed by atoms with Crippen molar-refractivity contribution in [3.05, 3.63) is 106 Å². The molecule has 0 spiro atoms. The highest BCUT2D eigenvalue weighted by atomic mass is 19.4. The first-order chi connectivity index (χ1) is 20.8. The van der Waals surface area contributed by atoms with Crippen LogP contribution in [0.1, 0.15) is 66.5 Å². The first kappa shape index (κ1) is 33.5. The predicted molar refractivity (Wildman–Crippen MR) is 150 cm³/mol. The van der Waals surface area contributed by atoms with Gasteiger partial charge in [-0.15, -0.1) is 0 Å². The first-order valence-electron chi connectivity index (χ1n) is 14.4. The van der Waals surface area contributed by atoms with Crippen LogP contribution < -0.4 is 5.32 Å². The second-order valence-corrected chi connectivity index (χ2v) is 11.0. The molecule has 238 valence electrons. The Balaban J connectivity index is 1.67. The van der Waals surface area contributed by atoms with E-state index in [1.165, 1.54) is 31.2 Å². The average Bonchev–Trinajstić information content (AvgIpc) is 2.97. The molecule has 5 atom stereocenters. The molecule has 0 bridgehead atoms. The molecule has 4 nitrogen and oxygen atoms in total. The maximum Gasteiger partial charge on any atom is 0.416 e. The largest absolute Gasteiger partial charge is 0.466 e. The van der Waals surface area contributed by atoms with Gasteiger partial charge in [-0.25, -0.2) is 4.39 Å². The van der Waals surface area contributed by atoms with Crippen LogP contribution >= 0.6 is 0 Å². The molecule has 3 aromatic rings. The van der Waals surface area contributed by atoms with Crippen LogP contribution in [0.2, 0.25) is 0 Å². The molecule has 0 unspecified atom stereocenters. The van der Waals surface area contributed by atoms with E-state index in [4.69, 9.17) is 9.47 Å². The Morgan fingerprint density at radius 1 is 0.909 bits per heavy atom. The molecule has 4 rings (SSSR count). The number of ether oxygens (including phenoxy) is 2. The zero-order valence-electron chi connectivity index (χ0n) is 24.2. The Labute approximate surface area is 251 Å². The summed E-state index contributed by atoms with van der Waals surface area (Å²) in [5.74, 6) is -2.74. The van der Waals surface area contributed by atoms with Crippen molar-refractivity contribution in [1.29, 1.82) is 0 Å². The van der Waals surface area contributed by atoms with Gasteiger partial charge in [0.25, 0.3) is 0 Å². The summed E-state index contributed by atoms with van der Waals surface area (Å²) < 4.78 is 107. The lowest BCUT2D eigenvalue weighted by atomic mass is 9.67. The van der Waals surface area contributed by atoms with Gasteiger partial charge in [0.2, 0.25) is 0 Å². The molecule has 1 saturated carbocycles. The molecule has 0 aliphatic heterocycles. The predicted octanol–water partition coefficient (Wildman–Crippen LogP) is 8.47. The van der Waals surface area contributed by atoms with E-state index in [-0.39, 0.29) is 24.2 Å². The summed E-state index contributed by atoms with van der Waals surface area (Å²) >= 11 is 0. The first-order valence-corrected chi connectivity index (χ1v) is 14.4. The van der Waals surface area contributed by atoms with Gasteiger partial charge in [0.15, 0.2) is 0 Å². The summed E-state index contributed by atoms with van der Waals surface area (Å²) in [4.78, 5) is 13.5. The van der Waals surface area contributed by atoms with Crippen LogP contribution in [0.25, 0.3) is 0 Å². The van der Waals surface area contributed by atoms with E-state index >= 15 is 0 Å². The van der Waals surface area contributed by atoms with Crippen molar-refractivity contribution in [3.63, 3.8) is 0 Å². The molecule has 3 aromatic carbocycles. The van der Waals surface area contributed by atoms with E-state index in [1.54, 1.807) is 6.92 Å². The number of nitrogens with one attached hydrogen (secondary N) is 1. The van der Waals surface area contributed by atoms with Crippen molar-refractivity contribution < 1.29 is 45.0 Å². The Bertz CT molecular complexity index is 1340. The zero-order chi connectivity index (χ0) is 32.1. The fourth-order valence-electron chi connectivity index (χ4n) is 5.88. The highest BCUT2D eigenvalue weighted by Crippen LogP contribution is 2.46. The van der Waals surface area contributed by atoms with Crippen molar-refractivity contribution in [2.45, 2.75) is 63.7 Å². The summed E-state index contributed by atoms with van der Waals surface area (Å²) in [6.45, 7) is 4.12. The second-order valence-electron chi connectivity index (χ2n) is 11.0. The molecular weight excluding hydrogens is 591 g/mol. The Kier molecular flexibility index (Phi) is 10.7. The number of benzene rings is 3. The van der Waals surface area contributed by atoms with Crippen LogP contribution in [0.5, 0.6) is 0 Å². The average molecular weight is 626 g/mol. The summed E-state index contributed by atoms with van der Waals surface area (Å²) in [5, 5.41) is 3.38. The van der Waals surface area contributed by atoms with Gasteiger partial charge in [0.05, 0.1) is 35.9 Å². The van der Waals surface area contributed by atoms with E-state index < -0.39 is 59.3 Å². The lowest BCUT2D eigenvalue weighted by molar-refractivity contribution is -0.157. The van der Waals surface area contributed by atoms with Crippen LogP contribution in [0.3, 0.4) is 0 Å². The van der Waals surface area contributed by atoms with Gasteiger partial charge >= 0.3 is 18.3 Å². The number of carbonyl (C=O) groups excluding carboxylic acids is 1. The molecule has 0 aromatic heterocycles. The fraction of sp³-hybridized carbons (Fsp3) is 0.424. The topological polar surface area (TPSA) is 47.6 Å². The number of hydrogen-bond donors (Lipinski definition) is 1. The maximum absolute atomic E-state index is 13.9. The number of halogens is 7. The summed E-state index contributed by atoms with van der Waals surface area (Å²) in [5.41, 5.74) is -1.59. The maximum atomic E-state index is 13.9. The van der Waals surface area contributed by atoms with Gasteiger partial charge in [-0.05, 0) is 86.2 Å².